The van der Waals surface area contributed by atoms with Gasteiger partial charge in [0.05, 0.1) is 6.10 Å². The Balaban J connectivity index is 1.81. The Kier molecular flexibility index (Phi) is 5.14. The fourth-order valence-electron chi connectivity index (χ4n) is 2.77. The van der Waals surface area contributed by atoms with E-state index in [1.54, 1.807) is 23.4 Å². The molecule has 0 bridgehead atoms. The third kappa shape index (κ3) is 3.94. The van der Waals surface area contributed by atoms with Crippen molar-refractivity contribution in [3.05, 3.63) is 59.7 Å². The highest BCUT2D eigenvalue weighted by Crippen LogP contribution is 2.17. The molecule has 0 aromatic carbocycles. The van der Waals surface area contributed by atoms with Crippen LogP contribution in [0.4, 0.5) is 0 Å². The lowest BCUT2D eigenvalue weighted by molar-refractivity contribution is 0.0507. The molecule has 1 aliphatic rings. The zero-order valence-corrected chi connectivity index (χ0v) is 13.3. The predicted molar refractivity (Wildman–Crippen MR) is 86.9 cm³/mol. The summed E-state index contributed by atoms with van der Waals surface area (Å²) in [5.74, 6) is -0.124. The number of rotatable bonds is 5. The van der Waals surface area contributed by atoms with Gasteiger partial charge in [-0.15, -0.1) is 0 Å². The van der Waals surface area contributed by atoms with Crippen molar-refractivity contribution in [3.8, 4) is 6.07 Å². The second-order valence-electron chi connectivity index (χ2n) is 5.72. The summed E-state index contributed by atoms with van der Waals surface area (Å²) >= 11 is 0. The zero-order chi connectivity index (χ0) is 16.8. The lowest BCUT2D eigenvalue weighted by atomic mass is 10.1. The van der Waals surface area contributed by atoms with Gasteiger partial charge in [0.1, 0.15) is 11.8 Å². The molecule has 1 atom stereocenters. The molecule has 1 amide bonds. The van der Waals surface area contributed by atoms with Crippen molar-refractivity contribution < 1.29 is 9.53 Å². The summed E-state index contributed by atoms with van der Waals surface area (Å²) in [7, 11) is 0. The third-order valence-electron chi connectivity index (χ3n) is 3.98. The van der Waals surface area contributed by atoms with Gasteiger partial charge in [-0.05, 0) is 42.7 Å². The van der Waals surface area contributed by atoms with E-state index < -0.39 is 0 Å². The van der Waals surface area contributed by atoms with Crippen molar-refractivity contribution in [2.45, 2.75) is 25.5 Å². The molecule has 1 saturated heterocycles. The molecule has 0 aliphatic carbocycles. The number of pyridine rings is 2. The Hall–Kier alpha value is -2.78. The van der Waals surface area contributed by atoms with Gasteiger partial charge in [0.15, 0.2) is 0 Å². The number of hydrogen-bond donors (Lipinski definition) is 0. The van der Waals surface area contributed by atoms with Crippen molar-refractivity contribution in [3.63, 3.8) is 0 Å². The van der Waals surface area contributed by atoms with Crippen LogP contribution in [0.1, 0.15) is 34.5 Å². The average Bonchev–Trinajstić information content (AvgIpc) is 3.14. The van der Waals surface area contributed by atoms with Gasteiger partial charge in [-0.1, -0.05) is 0 Å². The summed E-state index contributed by atoms with van der Waals surface area (Å²) in [6.07, 6.45) is 6.96. The lowest BCUT2D eigenvalue weighted by Crippen LogP contribution is -2.37. The third-order valence-corrected chi connectivity index (χ3v) is 3.98. The number of nitriles is 1. The number of amides is 1. The van der Waals surface area contributed by atoms with E-state index in [9.17, 15) is 4.79 Å². The molecule has 2 aromatic rings. The summed E-state index contributed by atoms with van der Waals surface area (Å²) in [4.78, 5) is 22.6. The smallest absolute Gasteiger partial charge is 0.254 e. The number of hydrogen-bond acceptors (Lipinski definition) is 5. The molecule has 3 heterocycles. The number of ether oxygens (including phenoxy) is 1. The van der Waals surface area contributed by atoms with Gasteiger partial charge >= 0.3 is 0 Å². The minimum absolute atomic E-state index is 0.0630. The van der Waals surface area contributed by atoms with Crippen LogP contribution in [0.2, 0.25) is 0 Å². The Morgan fingerprint density at radius 3 is 2.88 bits per heavy atom. The Morgan fingerprint density at radius 2 is 2.17 bits per heavy atom. The summed E-state index contributed by atoms with van der Waals surface area (Å²) in [5.41, 5.74) is 1.71. The minimum Gasteiger partial charge on any atom is -0.376 e. The second-order valence-corrected chi connectivity index (χ2v) is 5.72. The average molecular weight is 322 g/mol. The molecule has 1 aliphatic heterocycles. The zero-order valence-electron chi connectivity index (χ0n) is 13.3. The number of nitrogens with zero attached hydrogens (tertiary/aromatic N) is 4. The van der Waals surface area contributed by atoms with Gasteiger partial charge in [0.2, 0.25) is 0 Å². The molecule has 24 heavy (non-hydrogen) atoms. The van der Waals surface area contributed by atoms with Crippen LogP contribution < -0.4 is 0 Å². The maximum absolute atomic E-state index is 12.9. The summed E-state index contributed by atoms with van der Waals surface area (Å²) in [5, 5.41) is 8.98. The van der Waals surface area contributed by atoms with Crippen LogP contribution in [0.25, 0.3) is 0 Å². The standard InChI is InChI=1S/C18H18N4O2/c19-11-16-10-15(5-8-21-16)18(23)22(13-17-2-1-9-24-17)12-14-3-6-20-7-4-14/h3-8,10,17H,1-2,9,12-13H2/t17-/m0/s1. The number of carbonyl (C=O) groups excluding carboxylic acids is 1. The molecule has 3 rings (SSSR count). The number of aromatic nitrogens is 2. The molecular weight excluding hydrogens is 304 g/mol. The van der Waals surface area contributed by atoms with E-state index in [0.717, 1.165) is 25.0 Å². The van der Waals surface area contributed by atoms with Crippen LogP contribution in [0.3, 0.4) is 0 Å². The maximum Gasteiger partial charge on any atom is 0.254 e. The molecular formula is C18H18N4O2. The van der Waals surface area contributed by atoms with Gasteiger partial charge in [0.25, 0.3) is 5.91 Å². The first-order valence-corrected chi connectivity index (χ1v) is 7.92. The van der Waals surface area contributed by atoms with E-state index in [0.29, 0.717) is 18.7 Å². The van der Waals surface area contributed by atoms with E-state index in [-0.39, 0.29) is 17.7 Å². The number of carbonyl (C=O) groups is 1. The lowest BCUT2D eigenvalue weighted by Gasteiger charge is -2.25. The van der Waals surface area contributed by atoms with Crippen molar-refractivity contribution in [1.29, 1.82) is 5.26 Å². The van der Waals surface area contributed by atoms with Crippen LogP contribution in [0, 0.1) is 11.3 Å². The van der Waals surface area contributed by atoms with Crippen LogP contribution in [-0.2, 0) is 11.3 Å². The van der Waals surface area contributed by atoms with Gasteiger partial charge in [0, 0.05) is 43.9 Å². The Bertz CT molecular complexity index is 736. The topological polar surface area (TPSA) is 79.1 Å². The predicted octanol–water partition coefficient (Wildman–Crippen LogP) is 2.17. The summed E-state index contributed by atoms with van der Waals surface area (Å²) in [6, 6.07) is 8.92. The molecule has 0 N–H and O–H groups in total. The Morgan fingerprint density at radius 1 is 1.33 bits per heavy atom. The van der Waals surface area contributed by atoms with E-state index in [2.05, 4.69) is 9.97 Å². The molecule has 1 fully saturated rings. The molecule has 2 aromatic heterocycles. The monoisotopic (exact) mass is 322 g/mol. The largest absolute Gasteiger partial charge is 0.376 e. The van der Waals surface area contributed by atoms with Crippen LogP contribution in [0.5, 0.6) is 0 Å². The molecule has 0 saturated carbocycles. The van der Waals surface area contributed by atoms with Crippen molar-refractivity contribution in [2.24, 2.45) is 0 Å². The highest BCUT2D eigenvalue weighted by molar-refractivity contribution is 5.94. The van der Waals surface area contributed by atoms with Crippen LogP contribution >= 0.6 is 0 Å². The molecule has 0 unspecified atom stereocenters. The van der Waals surface area contributed by atoms with E-state index in [1.807, 2.05) is 18.2 Å². The minimum atomic E-state index is -0.124. The first-order chi connectivity index (χ1) is 11.8. The molecule has 6 heteroatoms. The normalized spacial score (nSPS) is 16.5. The summed E-state index contributed by atoms with van der Waals surface area (Å²) in [6.45, 7) is 1.76. The van der Waals surface area contributed by atoms with E-state index >= 15 is 0 Å². The van der Waals surface area contributed by atoms with Crippen LogP contribution in [-0.4, -0.2) is 40.0 Å². The van der Waals surface area contributed by atoms with Gasteiger partial charge in [-0.25, -0.2) is 4.98 Å². The first kappa shape index (κ1) is 16.1. The van der Waals surface area contributed by atoms with Gasteiger partial charge in [-0.2, -0.15) is 5.26 Å². The fourth-order valence-corrected chi connectivity index (χ4v) is 2.77. The molecule has 6 nitrogen and oxygen atoms in total. The highest BCUT2D eigenvalue weighted by Gasteiger charge is 2.24. The van der Waals surface area contributed by atoms with Gasteiger partial charge in [-0.3, -0.25) is 9.78 Å². The summed E-state index contributed by atoms with van der Waals surface area (Å²) < 4.78 is 5.68. The second kappa shape index (κ2) is 7.66. The Labute approximate surface area is 140 Å². The molecule has 122 valence electrons. The maximum atomic E-state index is 12.9. The quantitative estimate of drug-likeness (QED) is 0.843. The van der Waals surface area contributed by atoms with E-state index in [1.165, 1.54) is 12.3 Å². The first-order valence-electron chi connectivity index (χ1n) is 7.92. The highest BCUT2D eigenvalue weighted by atomic mass is 16.5. The fraction of sp³-hybridized carbons (Fsp3) is 0.333. The van der Waals surface area contributed by atoms with Crippen molar-refractivity contribution in [1.82, 2.24) is 14.9 Å². The van der Waals surface area contributed by atoms with Crippen LogP contribution in [0.15, 0.2) is 42.9 Å². The van der Waals surface area contributed by atoms with E-state index in [4.69, 9.17) is 10.00 Å². The van der Waals surface area contributed by atoms with Crippen molar-refractivity contribution in [2.75, 3.05) is 13.2 Å². The molecule has 0 spiro atoms. The SMILES string of the molecule is N#Cc1cc(C(=O)N(Cc2ccncc2)C[C@@H]2CCCO2)ccn1. The van der Waals surface area contributed by atoms with Crippen molar-refractivity contribution >= 4 is 5.91 Å². The van der Waals surface area contributed by atoms with Gasteiger partial charge < -0.3 is 9.64 Å². The molecule has 0 radical (unpaired) electrons.